The summed E-state index contributed by atoms with van der Waals surface area (Å²) in [7, 11) is 0. The monoisotopic (exact) mass is 328 g/mol. The van der Waals surface area contributed by atoms with Crippen LogP contribution < -0.4 is 5.73 Å². The molecule has 124 valence electrons. The van der Waals surface area contributed by atoms with Crippen LogP contribution in [-0.4, -0.2) is 25.0 Å². The van der Waals surface area contributed by atoms with E-state index in [4.69, 9.17) is 15.2 Å². The molecule has 1 aliphatic heterocycles. The number of halogens is 1. The number of benzene rings is 1. The van der Waals surface area contributed by atoms with Crippen LogP contribution in [0.5, 0.6) is 0 Å². The third kappa shape index (κ3) is 1.61. The molecule has 0 aromatic heterocycles. The molecule has 2 N–H and O–H groups in total. The number of hydrogen-bond donors (Lipinski definition) is 1. The largest absolute Gasteiger partial charge is 0.386 e. The quantitative estimate of drug-likeness (QED) is 0.833. The molecule has 1 saturated carbocycles. The molecule has 0 saturated heterocycles. The molecular weight excluding hydrogens is 311 g/mol. The molecule has 1 fully saturated rings. The Bertz CT molecular complexity index is 791. The van der Waals surface area contributed by atoms with E-state index < -0.39 is 28.5 Å². The van der Waals surface area contributed by atoms with Crippen LogP contribution in [0.15, 0.2) is 29.3 Å². The summed E-state index contributed by atoms with van der Waals surface area (Å²) in [6.45, 7) is 3.92. The first kappa shape index (κ1) is 16.4. The van der Waals surface area contributed by atoms with E-state index in [1.807, 2.05) is 0 Å². The zero-order valence-corrected chi connectivity index (χ0v) is 13.4. The lowest BCUT2D eigenvalue weighted by molar-refractivity contribution is -0.255. The van der Waals surface area contributed by atoms with E-state index in [0.717, 1.165) is 0 Å². The molecule has 1 aromatic carbocycles. The van der Waals surface area contributed by atoms with Crippen LogP contribution >= 0.6 is 0 Å². The van der Waals surface area contributed by atoms with Gasteiger partial charge < -0.3 is 15.2 Å². The average Bonchev–Trinajstić information content (AvgIpc) is 3.14. The molecule has 1 aromatic rings. The minimum atomic E-state index is -1.66. The number of fused-ring (bicyclic) bond motifs is 1. The van der Waals surface area contributed by atoms with E-state index >= 15 is 0 Å². The lowest BCUT2D eigenvalue weighted by Crippen LogP contribution is -2.43. The molecule has 0 radical (unpaired) electrons. The van der Waals surface area contributed by atoms with Crippen molar-refractivity contribution < 1.29 is 13.9 Å². The minimum absolute atomic E-state index is 0.0114. The van der Waals surface area contributed by atoms with Gasteiger partial charge in [-0.05, 0) is 31.5 Å². The van der Waals surface area contributed by atoms with Gasteiger partial charge in [-0.3, -0.25) is 0 Å². The number of ether oxygens (including phenoxy) is 2. The predicted molar refractivity (Wildman–Crippen MR) is 82.8 cm³/mol. The van der Waals surface area contributed by atoms with Crippen molar-refractivity contribution in [1.29, 1.82) is 10.5 Å². The zero-order valence-electron chi connectivity index (χ0n) is 13.4. The summed E-state index contributed by atoms with van der Waals surface area (Å²) in [5.41, 5.74) is 3.72. The summed E-state index contributed by atoms with van der Waals surface area (Å²) in [5, 5.41) is 19.8. The number of nitrogens with two attached hydrogens (primary N) is 1. The van der Waals surface area contributed by atoms with E-state index in [0.29, 0.717) is 5.56 Å². The highest BCUT2D eigenvalue weighted by atomic mass is 19.1. The van der Waals surface area contributed by atoms with Gasteiger partial charge in [-0.25, -0.2) is 9.38 Å². The predicted octanol–water partition coefficient (Wildman–Crippen LogP) is 2.04. The van der Waals surface area contributed by atoms with Crippen LogP contribution in [-0.2, 0) is 9.47 Å². The number of amidine groups is 1. The molecule has 0 amide bonds. The molecular formula is C17H17FN4O2. The van der Waals surface area contributed by atoms with Gasteiger partial charge in [0.2, 0.25) is 0 Å². The molecule has 3 unspecified atom stereocenters. The maximum atomic E-state index is 13.7. The molecule has 3 atom stereocenters. The highest BCUT2D eigenvalue weighted by Crippen LogP contribution is 2.81. The summed E-state index contributed by atoms with van der Waals surface area (Å²) in [6.07, 6.45) is 0. The van der Waals surface area contributed by atoms with E-state index in [1.165, 1.54) is 18.2 Å². The Morgan fingerprint density at radius 3 is 2.42 bits per heavy atom. The Balaban J connectivity index is 2.23. The van der Waals surface area contributed by atoms with E-state index in [9.17, 15) is 14.9 Å². The Hall–Kier alpha value is -2.48. The lowest BCUT2D eigenvalue weighted by atomic mass is 9.93. The SMILES string of the molecule is CCOC1(OCC)N=C(N)C2(C#N)C(c3cccc(F)c3)C12C#N. The van der Waals surface area contributed by atoms with Crippen molar-refractivity contribution in [2.45, 2.75) is 25.7 Å². The standard InChI is InChI=1S/C17H17FN4O2/c1-3-23-17(24-4-2)16(10-20)13(11-6-5-7-12(18)8-11)15(16,9-19)14(21)22-17/h5-8,13H,3-4H2,1-2H3,(H2,21,22). The Morgan fingerprint density at radius 2 is 1.92 bits per heavy atom. The van der Waals surface area contributed by atoms with Gasteiger partial charge in [-0.2, -0.15) is 10.5 Å². The average molecular weight is 328 g/mol. The first-order valence-corrected chi connectivity index (χ1v) is 7.71. The number of aliphatic imine (C=N–C) groups is 1. The lowest BCUT2D eigenvalue weighted by Gasteiger charge is -2.31. The second-order valence-corrected chi connectivity index (χ2v) is 5.77. The van der Waals surface area contributed by atoms with Gasteiger partial charge in [0.15, 0.2) is 5.41 Å². The third-order valence-corrected chi connectivity index (χ3v) is 4.79. The minimum Gasteiger partial charge on any atom is -0.386 e. The van der Waals surface area contributed by atoms with E-state index in [2.05, 4.69) is 17.1 Å². The highest BCUT2D eigenvalue weighted by molar-refractivity contribution is 6.00. The summed E-state index contributed by atoms with van der Waals surface area (Å²) >= 11 is 0. The number of hydrogen-bond acceptors (Lipinski definition) is 6. The van der Waals surface area contributed by atoms with Gasteiger partial charge in [0.1, 0.15) is 17.1 Å². The summed E-state index contributed by atoms with van der Waals surface area (Å²) in [5.74, 6) is -2.80. The highest BCUT2D eigenvalue weighted by Gasteiger charge is 2.93. The van der Waals surface area contributed by atoms with Crippen molar-refractivity contribution in [3.63, 3.8) is 0 Å². The van der Waals surface area contributed by atoms with Crippen LogP contribution in [0.4, 0.5) is 4.39 Å². The number of rotatable bonds is 5. The number of nitriles is 2. The first-order chi connectivity index (χ1) is 11.5. The Labute approximate surface area is 139 Å². The second kappa shape index (κ2) is 5.27. The van der Waals surface area contributed by atoms with Gasteiger partial charge >= 0.3 is 0 Å². The maximum absolute atomic E-state index is 13.7. The molecule has 0 spiro atoms. The Kier molecular flexibility index (Phi) is 3.60. The molecule has 1 heterocycles. The fraction of sp³-hybridized carbons (Fsp3) is 0.471. The van der Waals surface area contributed by atoms with Crippen molar-refractivity contribution in [3.05, 3.63) is 35.6 Å². The van der Waals surface area contributed by atoms with E-state index in [1.54, 1.807) is 19.9 Å². The van der Waals surface area contributed by atoms with Crippen LogP contribution in [0.25, 0.3) is 0 Å². The topological polar surface area (TPSA) is 104 Å². The molecule has 7 heteroatoms. The molecule has 1 aliphatic carbocycles. The van der Waals surface area contributed by atoms with E-state index in [-0.39, 0.29) is 19.0 Å². The molecule has 3 rings (SSSR count). The van der Waals surface area contributed by atoms with Crippen LogP contribution in [0.3, 0.4) is 0 Å². The normalized spacial score (nSPS) is 32.4. The summed E-state index contributed by atoms with van der Waals surface area (Å²) < 4.78 is 25.1. The third-order valence-electron chi connectivity index (χ3n) is 4.79. The summed E-state index contributed by atoms with van der Waals surface area (Å²) in [4.78, 5) is 4.23. The van der Waals surface area contributed by atoms with Crippen molar-refractivity contribution in [2.75, 3.05) is 13.2 Å². The van der Waals surface area contributed by atoms with Crippen molar-refractivity contribution in [1.82, 2.24) is 0 Å². The second-order valence-electron chi connectivity index (χ2n) is 5.77. The van der Waals surface area contributed by atoms with Crippen LogP contribution in [0, 0.1) is 39.3 Å². The fourth-order valence-electron chi connectivity index (χ4n) is 3.94. The molecule has 2 aliphatic rings. The van der Waals surface area contributed by atoms with Gasteiger partial charge in [0.25, 0.3) is 5.91 Å². The molecule has 0 bridgehead atoms. The van der Waals surface area contributed by atoms with Crippen LogP contribution in [0.1, 0.15) is 25.3 Å². The van der Waals surface area contributed by atoms with Gasteiger partial charge in [-0.15, -0.1) is 0 Å². The zero-order chi connectivity index (χ0) is 17.6. The van der Waals surface area contributed by atoms with Crippen LogP contribution in [0.2, 0.25) is 0 Å². The first-order valence-electron chi connectivity index (χ1n) is 7.71. The van der Waals surface area contributed by atoms with Gasteiger partial charge in [0.05, 0.1) is 12.1 Å². The fourth-order valence-corrected chi connectivity index (χ4v) is 3.94. The maximum Gasteiger partial charge on any atom is 0.293 e. The van der Waals surface area contributed by atoms with Crippen molar-refractivity contribution in [3.8, 4) is 12.1 Å². The van der Waals surface area contributed by atoms with Gasteiger partial charge in [-0.1, -0.05) is 12.1 Å². The van der Waals surface area contributed by atoms with Crippen molar-refractivity contribution in [2.24, 2.45) is 21.6 Å². The summed E-state index contributed by atoms with van der Waals surface area (Å²) in [6, 6.07) is 10.1. The van der Waals surface area contributed by atoms with Gasteiger partial charge in [0, 0.05) is 19.1 Å². The Morgan fingerprint density at radius 1 is 1.25 bits per heavy atom. The number of nitrogens with zero attached hydrogens (tertiary/aromatic N) is 3. The van der Waals surface area contributed by atoms with Crippen molar-refractivity contribution >= 4 is 5.84 Å². The molecule has 24 heavy (non-hydrogen) atoms. The smallest absolute Gasteiger partial charge is 0.293 e. The molecule has 6 nitrogen and oxygen atoms in total.